The summed E-state index contributed by atoms with van der Waals surface area (Å²) in [5.74, 6) is 6.09. The second-order valence-corrected chi connectivity index (χ2v) is 17.8. The summed E-state index contributed by atoms with van der Waals surface area (Å²) < 4.78 is 23.7. The molecule has 6 heteroatoms. The van der Waals surface area contributed by atoms with Crippen molar-refractivity contribution in [2.24, 2.45) is 46.3 Å². The van der Waals surface area contributed by atoms with E-state index in [2.05, 4.69) is 40.7 Å². The summed E-state index contributed by atoms with van der Waals surface area (Å²) in [6.45, 7) is 13.9. The molecule has 3 aromatic rings. The minimum absolute atomic E-state index is 0.117. The Bertz CT molecular complexity index is 1820. The molecule has 0 aliphatic heterocycles. The molecule has 3 saturated carbocycles. The van der Waals surface area contributed by atoms with Gasteiger partial charge in [0.15, 0.2) is 6.61 Å². The maximum Gasteiger partial charge on any atom is 0.344 e. The molecule has 0 bridgehead atoms. The van der Waals surface area contributed by atoms with Crippen LogP contribution in [-0.4, -0.2) is 18.7 Å². The standard InChI is InChI=1S/C46H60O6/c1-29(2)11-10-12-30(3)32-15-20-39-37-18-16-33-25-36(21-24-46(33,6)40(37)22-23-45(39,5)27-32)51-42(47)28-49-35-17-19-38-41(26-35)50-31(4)44(43(38)48)52-34-13-8-7-9-14-34/h7-9,13-14,16-17,19,26,29-30,32,36-37,39-40H,10-12,15,18,20-25,27-28H2,1-6H3/t30-,32+,36-,37-,39+,40+,45+,46-/m0/s1. The number of fused-ring (bicyclic) bond motifs is 6. The Kier molecular flexibility index (Phi) is 10.7. The number of allylic oxidation sites excluding steroid dienone is 1. The number of carbonyl (C=O) groups excluding carboxylic acids is 1. The van der Waals surface area contributed by atoms with Gasteiger partial charge >= 0.3 is 5.97 Å². The third-order valence-electron chi connectivity index (χ3n) is 14.0. The van der Waals surface area contributed by atoms with Gasteiger partial charge in [0.2, 0.25) is 11.2 Å². The van der Waals surface area contributed by atoms with Crippen LogP contribution in [0.15, 0.2) is 69.4 Å². The monoisotopic (exact) mass is 708 g/mol. The van der Waals surface area contributed by atoms with Gasteiger partial charge in [-0.2, -0.15) is 0 Å². The zero-order valence-corrected chi connectivity index (χ0v) is 32.4. The Morgan fingerprint density at radius 1 is 0.942 bits per heavy atom. The Labute approximate surface area is 310 Å². The van der Waals surface area contributed by atoms with Gasteiger partial charge in [-0.15, -0.1) is 0 Å². The number of carbonyl (C=O) groups is 1. The van der Waals surface area contributed by atoms with Gasteiger partial charge in [0.1, 0.15) is 28.9 Å². The van der Waals surface area contributed by atoms with Crippen molar-refractivity contribution in [3.8, 4) is 17.2 Å². The average Bonchev–Trinajstić information content (AvgIpc) is 3.12. The lowest BCUT2D eigenvalue weighted by atomic mass is 9.44. The van der Waals surface area contributed by atoms with E-state index in [-0.39, 0.29) is 35.3 Å². The average molecular weight is 709 g/mol. The maximum atomic E-state index is 13.2. The molecule has 0 unspecified atom stereocenters. The lowest BCUT2D eigenvalue weighted by Crippen LogP contribution is -2.52. The van der Waals surface area contributed by atoms with Crippen molar-refractivity contribution in [3.63, 3.8) is 0 Å². The summed E-state index contributed by atoms with van der Waals surface area (Å²) >= 11 is 0. The molecule has 0 amide bonds. The summed E-state index contributed by atoms with van der Waals surface area (Å²) in [4.78, 5) is 26.2. The van der Waals surface area contributed by atoms with Gasteiger partial charge in [0.25, 0.3) is 0 Å². The quantitative estimate of drug-likeness (QED) is 0.146. The highest BCUT2D eigenvalue weighted by Gasteiger charge is 2.56. The molecule has 4 aliphatic carbocycles. The highest BCUT2D eigenvalue weighted by molar-refractivity contribution is 5.80. The third kappa shape index (κ3) is 7.46. The van der Waals surface area contributed by atoms with Crippen LogP contribution >= 0.6 is 0 Å². The minimum Gasteiger partial charge on any atom is -0.482 e. The van der Waals surface area contributed by atoms with Crippen molar-refractivity contribution in [1.29, 1.82) is 0 Å². The fourth-order valence-corrected chi connectivity index (χ4v) is 11.0. The first-order valence-corrected chi connectivity index (χ1v) is 20.3. The number of para-hydroxylation sites is 1. The summed E-state index contributed by atoms with van der Waals surface area (Å²) in [5, 5.41) is 0.386. The van der Waals surface area contributed by atoms with Gasteiger partial charge < -0.3 is 18.6 Å². The van der Waals surface area contributed by atoms with Crippen molar-refractivity contribution in [2.75, 3.05) is 6.61 Å². The topological polar surface area (TPSA) is 75.0 Å². The van der Waals surface area contributed by atoms with E-state index >= 15 is 0 Å². The normalized spacial score (nSPS) is 30.4. The molecule has 4 aliphatic rings. The molecule has 0 radical (unpaired) electrons. The van der Waals surface area contributed by atoms with Crippen molar-refractivity contribution < 1.29 is 23.4 Å². The van der Waals surface area contributed by atoms with E-state index in [0.29, 0.717) is 33.6 Å². The first-order valence-electron chi connectivity index (χ1n) is 20.3. The van der Waals surface area contributed by atoms with Crippen LogP contribution in [0.3, 0.4) is 0 Å². The van der Waals surface area contributed by atoms with E-state index in [0.717, 1.165) is 54.8 Å². The SMILES string of the molecule is Cc1oc2cc(OCC(=O)O[C@H]3CC[C@@]4(C)C(=CC[C@H]5[C@H]6CC[C@@H]([C@@H](C)CCCC(C)C)C[C@@]6(C)CC[C@H]54)C3)ccc2c(=O)c1Oc1ccccc1. The molecule has 1 heterocycles. The lowest BCUT2D eigenvalue weighted by molar-refractivity contribution is -0.154. The Morgan fingerprint density at radius 2 is 1.75 bits per heavy atom. The van der Waals surface area contributed by atoms with Gasteiger partial charge in [0, 0.05) is 12.5 Å². The number of hydrogen-bond acceptors (Lipinski definition) is 6. The molecule has 52 heavy (non-hydrogen) atoms. The van der Waals surface area contributed by atoms with E-state index in [4.69, 9.17) is 18.6 Å². The number of benzene rings is 2. The maximum absolute atomic E-state index is 13.2. The number of esters is 1. The first kappa shape index (κ1) is 36.8. The second-order valence-electron chi connectivity index (χ2n) is 17.8. The molecule has 6 nitrogen and oxygen atoms in total. The smallest absolute Gasteiger partial charge is 0.344 e. The van der Waals surface area contributed by atoms with Crippen LogP contribution in [0.1, 0.15) is 117 Å². The molecule has 0 saturated heterocycles. The molecule has 7 rings (SSSR count). The number of aryl methyl sites for hydroxylation is 1. The molecule has 3 fully saturated rings. The van der Waals surface area contributed by atoms with Crippen LogP contribution in [0.25, 0.3) is 11.0 Å². The minimum atomic E-state index is -0.365. The fourth-order valence-electron chi connectivity index (χ4n) is 11.0. The zero-order valence-electron chi connectivity index (χ0n) is 32.4. The van der Waals surface area contributed by atoms with Crippen LogP contribution in [0.4, 0.5) is 0 Å². The molecule has 0 spiro atoms. The molecule has 1 aromatic heterocycles. The Morgan fingerprint density at radius 3 is 2.54 bits per heavy atom. The van der Waals surface area contributed by atoms with Crippen molar-refractivity contribution in [1.82, 2.24) is 0 Å². The largest absolute Gasteiger partial charge is 0.482 e. The van der Waals surface area contributed by atoms with Crippen molar-refractivity contribution >= 4 is 16.9 Å². The molecule has 2 aromatic carbocycles. The second kappa shape index (κ2) is 15.1. The van der Waals surface area contributed by atoms with Crippen LogP contribution in [0.2, 0.25) is 0 Å². The van der Waals surface area contributed by atoms with Gasteiger partial charge in [-0.1, -0.05) is 83.7 Å². The summed E-state index contributed by atoms with van der Waals surface area (Å²) in [7, 11) is 0. The van der Waals surface area contributed by atoms with Crippen molar-refractivity contribution in [2.45, 2.75) is 125 Å². The van der Waals surface area contributed by atoms with Gasteiger partial charge in [-0.05, 0) is 129 Å². The number of ether oxygens (including phenoxy) is 3. The summed E-state index contributed by atoms with van der Waals surface area (Å²) in [6, 6.07) is 14.1. The zero-order chi connectivity index (χ0) is 36.6. The van der Waals surface area contributed by atoms with Gasteiger partial charge in [0.05, 0.1) is 5.39 Å². The highest BCUT2D eigenvalue weighted by Crippen LogP contribution is 2.65. The van der Waals surface area contributed by atoms with Crippen LogP contribution in [0, 0.1) is 53.3 Å². The van der Waals surface area contributed by atoms with Gasteiger partial charge in [-0.25, -0.2) is 4.79 Å². The van der Waals surface area contributed by atoms with Crippen LogP contribution in [-0.2, 0) is 9.53 Å². The van der Waals surface area contributed by atoms with E-state index in [1.54, 1.807) is 37.3 Å². The number of rotatable bonds is 11. The fraction of sp³-hybridized carbons (Fsp3) is 0.609. The van der Waals surface area contributed by atoms with E-state index in [1.807, 2.05) is 18.2 Å². The van der Waals surface area contributed by atoms with E-state index in [9.17, 15) is 9.59 Å². The highest BCUT2D eigenvalue weighted by atomic mass is 16.6. The Hall–Kier alpha value is -3.54. The Balaban J connectivity index is 0.933. The van der Waals surface area contributed by atoms with Crippen molar-refractivity contribution in [3.05, 3.63) is 76.2 Å². The molecule has 8 atom stereocenters. The third-order valence-corrected chi connectivity index (χ3v) is 14.0. The van der Waals surface area contributed by atoms with Crippen LogP contribution in [0.5, 0.6) is 17.2 Å². The summed E-state index contributed by atoms with van der Waals surface area (Å²) in [5.41, 5.74) is 2.34. The van der Waals surface area contributed by atoms with E-state index in [1.165, 1.54) is 63.4 Å². The van der Waals surface area contributed by atoms with E-state index < -0.39 is 0 Å². The first-order chi connectivity index (χ1) is 24.9. The van der Waals surface area contributed by atoms with Gasteiger partial charge in [-0.3, -0.25) is 4.79 Å². The predicted octanol–water partition coefficient (Wildman–Crippen LogP) is 11.6. The summed E-state index contributed by atoms with van der Waals surface area (Å²) in [6.07, 6.45) is 17.5. The molecule has 280 valence electrons. The molecular weight excluding hydrogens is 649 g/mol. The molecule has 0 N–H and O–H groups in total. The van der Waals surface area contributed by atoms with Crippen LogP contribution < -0.4 is 14.9 Å². The lowest BCUT2D eigenvalue weighted by Gasteiger charge is -2.61. The molecular formula is C46H60O6. The number of hydrogen-bond donors (Lipinski definition) is 0. The predicted molar refractivity (Wildman–Crippen MR) is 207 cm³/mol.